The summed E-state index contributed by atoms with van der Waals surface area (Å²) in [5.41, 5.74) is 2.08. The molecule has 0 aliphatic carbocycles. The molecule has 1 N–H and O–H groups in total. The second kappa shape index (κ2) is 6.33. The summed E-state index contributed by atoms with van der Waals surface area (Å²) in [6.45, 7) is 1.84. The molecule has 0 aromatic heterocycles. The number of carbonyl (C=O) groups excluding carboxylic acids is 1. The Hall–Kier alpha value is -2.48. The Kier molecular flexibility index (Phi) is 4.65. The number of nitrogens with one attached hydrogen (secondary N) is 1. The van der Waals surface area contributed by atoms with Crippen LogP contribution in [0.4, 0.5) is 5.69 Å². The zero-order valence-electron chi connectivity index (χ0n) is 13.4. The SMILES string of the molecule is CC1=C(C(=O)N(C)C)C(c2ccc([N+](=O)[O-])cc2)NC(=S)N1C. The fourth-order valence-electron chi connectivity index (χ4n) is 2.39. The summed E-state index contributed by atoms with van der Waals surface area (Å²) in [5.74, 6) is -0.132. The smallest absolute Gasteiger partial charge is 0.269 e. The van der Waals surface area contributed by atoms with Gasteiger partial charge in [-0.15, -0.1) is 0 Å². The highest BCUT2D eigenvalue weighted by atomic mass is 32.1. The lowest BCUT2D eigenvalue weighted by Gasteiger charge is -2.36. The van der Waals surface area contributed by atoms with Gasteiger partial charge in [-0.25, -0.2) is 0 Å². The number of benzene rings is 1. The van der Waals surface area contributed by atoms with Crippen LogP contribution in [0.5, 0.6) is 0 Å². The van der Waals surface area contributed by atoms with Crippen LogP contribution >= 0.6 is 12.2 Å². The minimum absolute atomic E-state index is 0.00504. The molecule has 1 aromatic rings. The van der Waals surface area contributed by atoms with Crippen molar-refractivity contribution in [1.29, 1.82) is 0 Å². The molecule has 0 saturated heterocycles. The number of amides is 1. The molecule has 0 radical (unpaired) electrons. The van der Waals surface area contributed by atoms with Crippen LogP contribution in [-0.4, -0.2) is 46.9 Å². The van der Waals surface area contributed by atoms with Gasteiger partial charge in [-0.3, -0.25) is 14.9 Å². The molecule has 1 aromatic carbocycles. The van der Waals surface area contributed by atoms with Gasteiger partial charge in [-0.05, 0) is 36.8 Å². The largest absolute Gasteiger partial charge is 0.351 e. The fourth-order valence-corrected chi connectivity index (χ4v) is 2.65. The summed E-state index contributed by atoms with van der Waals surface area (Å²) >= 11 is 5.30. The minimum atomic E-state index is -0.455. The van der Waals surface area contributed by atoms with Crippen molar-refractivity contribution >= 4 is 28.9 Å². The predicted molar refractivity (Wildman–Crippen MR) is 90.7 cm³/mol. The van der Waals surface area contributed by atoms with E-state index in [0.29, 0.717) is 10.7 Å². The number of thiocarbonyl (C=S) groups is 1. The van der Waals surface area contributed by atoms with Crippen molar-refractivity contribution in [3.8, 4) is 0 Å². The van der Waals surface area contributed by atoms with Crippen LogP contribution in [0.1, 0.15) is 18.5 Å². The molecule has 0 fully saturated rings. The minimum Gasteiger partial charge on any atom is -0.351 e. The van der Waals surface area contributed by atoms with E-state index in [4.69, 9.17) is 12.2 Å². The lowest BCUT2D eigenvalue weighted by atomic mass is 9.94. The maximum atomic E-state index is 12.6. The average molecular weight is 334 g/mol. The molecule has 1 aliphatic heterocycles. The molecule has 1 heterocycles. The molecule has 1 amide bonds. The zero-order chi connectivity index (χ0) is 17.3. The van der Waals surface area contributed by atoms with Gasteiger partial charge in [-0.2, -0.15) is 0 Å². The molecule has 122 valence electrons. The number of allylic oxidation sites excluding steroid dienone is 1. The van der Waals surface area contributed by atoms with Gasteiger partial charge < -0.3 is 15.1 Å². The Morgan fingerprint density at radius 1 is 1.35 bits per heavy atom. The van der Waals surface area contributed by atoms with Gasteiger partial charge in [0.1, 0.15) is 0 Å². The van der Waals surface area contributed by atoms with E-state index >= 15 is 0 Å². The summed E-state index contributed by atoms with van der Waals surface area (Å²) in [6.07, 6.45) is 0. The Morgan fingerprint density at radius 3 is 2.39 bits per heavy atom. The molecule has 0 saturated carbocycles. The van der Waals surface area contributed by atoms with Gasteiger partial charge >= 0.3 is 0 Å². The van der Waals surface area contributed by atoms with Crippen LogP contribution < -0.4 is 5.32 Å². The van der Waals surface area contributed by atoms with Crippen LogP contribution in [0.3, 0.4) is 0 Å². The molecular formula is C15H18N4O3S. The monoisotopic (exact) mass is 334 g/mol. The number of nitro benzene ring substituents is 1. The van der Waals surface area contributed by atoms with Crippen molar-refractivity contribution in [2.45, 2.75) is 13.0 Å². The molecular weight excluding hydrogens is 316 g/mol. The summed E-state index contributed by atoms with van der Waals surface area (Å²) in [4.78, 5) is 26.1. The first-order chi connectivity index (χ1) is 10.7. The van der Waals surface area contributed by atoms with Gasteiger partial charge in [-0.1, -0.05) is 0 Å². The van der Waals surface area contributed by atoms with E-state index in [0.717, 1.165) is 11.3 Å². The van der Waals surface area contributed by atoms with Crippen LogP contribution in [0.2, 0.25) is 0 Å². The molecule has 1 aliphatic rings. The zero-order valence-corrected chi connectivity index (χ0v) is 14.2. The molecule has 23 heavy (non-hydrogen) atoms. The fraction of sp³-hybridized carbons (Fsp3) is 0.333. The van der Waals surface area contributed by atoms with Crippen molar-refractivity contribution in [3.05, 3.63) is 51.2 Å². The first kappa shape index (κ1) is 16.9. The average Bonchev–Trinajstić information content (AvgIpc) is 2.51. The number of carbonyl (C=O) groups is 1. The van der Waals surface area contributed by atoms with Crippen molar-refractivity contribution in [2.24, 2.45) is 0 Å². The highest BCUT2D eigenvalue weighted by Gasteiger charge is 2.33. The number of likely N-dealkylation sites (N-methyl/N-ethyl adjacent to an activating group) is 1. The predicted octanol–water partition coefficient (Wildman–Crippen LogP) is 1.82. The van der Waals surface area contributed by atoms with Gasteiger partial charge in [0, 0.05) is 39.0 Å². The molecule has 1 atom stereocenters. The summed E-state index contributed by atoms with van der Waals surface area (Å²) in [5, 5.41) is 14.4. The van der Waals surface area contributed by atoms with E-state index in [1.807, 2.05) is 6.92 Å². The second-order valence-electron chi connectivity index (χ2n) is 5.49. The highest BCUT2D eigenvalue weighted by molar-refractivity contribution is 7.80. The molecule has 7 nitrogen and oxygen atoms in total. The Bertz CT molecular complexity index is 697. The normalized spacial score (nSPS) is 17.8. The number of hydrogen-bond acceptors (Lipinski definition) is 4. The number of non-ortho nitro benzene ring substituents is 1. The first-order valence-corrected chi connectivity index (χ1v) is 7.36. The van der Waals surface area contributed by atoms with E-state index in [2.05, 4.69) is 5.32 Å². The number of nitrogens with zero attached hydrogens (tertiary/aromatic N) is 3. The van der Waals surface area contributed by atoms with Crippen LogP contribution in [0.15, 0.2) is 35.5 Å². The number of rotatable bonds is 3. The topological polar surface area (TPSA) is 78.7 Å². The van der Waals surface area contributed by atoms with E-state index in [1.165, 1.54) is 17.0 Å². The number of hydrogen-bond donors (Lipinski definition) is 1. The lowest BCUT2D eigenvalue weighted by molar-refractivity contribution is -0.384. The van der Waals surface area contributed by atoms with Crippen LogP contribution in [-0.2, 0) is 4.79 Å². The standard InChI is InChI=1S/C15H18N4O3S/c1-9-12(14(20)17(2)3)13(16-15(23)18(9)4)10-5-7-11(8-6-10)19(21)22/h5-8,13H,1-4H3,(H,16,23). The quantitative estimate of drug-likeness (QED) is 0.516. The molecule has 0 spiro atoms. The summed E-state index contributed by atoms with van der Waals surface area (Å²) < 4.78 is 0. The van der Waals surface area contributed by atoms with E-state index in [9.17, 15) is 14.9 Å². The third-order valence-electron chi connectivity index (χ3n) is 3.83. The van der Waals surface area contributed by atoms with Crippen LogP contribution in [0, 0.1) is 10.1 Å². The Balaban J connectivity index is 2.51. The van der Waals surface area contributed by atoms with E-state index < -0.39 is 11.0 Å². The second-order valence-corrected chi connectivity index (χ2v) is 5.88. The Labute approximate surface area is 139 Å². The van der Waals surface area contributed by atoms with Gasteiger partial charge in [0.05, 0.1) is 16.5 Å². The number of nitro groups is 1. The van der Waals surface area contributed by atoms with Crippen molar-refractivity contribution < 1.29 is 9.72 Å². The maximum Gasteiger partial charge on any atom is 0.269 e. The molecule has 1 unspecified atom stereocenters. The van der Waals surface area contributed by atoms with Gasteiger partial charge in [0.2, 0.25) is 0 Å². The molecule has 8 heteroatoms. The van der Waals surface area contributed by atoms with Crippen molar-refractivity contribution in [1.82, 2.24) is 15.1 Å². The maximum absolute atomic E-state index is 12.6. The summed E-state index contributed by atoms with van der Waals surface area (Å²) in [6, 6.07) is 5.69. The third kappa shape index (κ3) is 3.16. The van der Waals surface area contributed by atoms with Gasteiger partial charge in [0.25, 0.3) is 11.6 Å². The lowest BCUT2D eigenvalue weighted by Crippen LogP contribution is -2.47. The molecule has 0 bridgehead atoms. The first-order valence-electron chi connectivity index (χ1n) is 6.95. The summed E-state index contributed by atoms with van der Waals surface area (Å²) in [7, 11) is 5.16. The van der Waals surface area contributed by atoms with Crippen molar-refractivity contribution in [3.63, 3.8) is 0 Å². The highest BCUT2D eigenvalue weighted by Crippen LogP contribution is 2.31. The third-order valence-corrected chi connectivity index (χ3v) is 4.22. The van der Waals surface area contributed by atoms with Crippen LogP contribution in [0.25, 0.3) is 0 Å². The van der Waals surface area contributed by atoms with E-state index in [1.54, 1.807) is 38.2 Å². The van der Waals surface area contributed by atoms with E-state index in [-0.39, 0.29) is 11.6 Å². The van der Waals surface area contributed by atoms with Gasteiger partial charge in [0.15, 0.2) is 5.11 Å². The van der Waals surface area contributed by atoms with Crippen molar-refractivity contribution in [2.75, 3.05) is 21.1 Å². The molecule has 2 rings (SSSR count). The Morgan fingerprint density at radius 2 is 1.91 bits per heavy atom.